The fraction of sp³-hybridized carbons (Fsp3) is 0.600. The number of methoxy groups -OCH3 is 1. The van der Waals surface area contributed by atoms with Crippen molar-refractivity contribution in [3.63, 3.8) is 0 Å². The molecule has 90 valence electrons. The standard InChI is InChI=1S/C10H16ClN3O2/c1-6-7(2)13-10(9(11)12-6)14-8(4-15)5-16-3/h8,15H,4-5H2,1-3H3,(H,13,14). The summed E-state index contributed by atoms with van der Waals surface area (Å²) in [6.07, 6.45) is 0. The van der Waals surface area contributed by atoms with Crippen LogP contribution in [0.3, 0.4) is 0 Å². The third kappa shape index (κ3) is 3.30. The Morgan fingerprint density at radius 1 is 1.38 bits per heavy atom. The number of aromatic nitrogens is 2. The summed E-state index contributed by atoms with van der Waals surface area (Å²) in [6, 6.07) is -0.237. The zero-order chi connectivity index (χ0) is 12.1. The van der Waals surface area contributed by atoms with Crippen LogP contribution >= 0.6 is 11.6 Å². The fourth-order valence-electron chi connectivity index (χ4n) is 1.20. The molecule has 0 amide bonds. The molecule has 1 unspecified atom stereocenters. The van der Waals surface area contributed by atoms with E-state index in [9.17, 15) is 0 Å². The second-order valence-electron chi connectivity index (χ2n) is 3.51. The van der Waals surface area contributed by atoms with Crippen molar-refractivity contribution in [2.24, 2.45) is 0 Å². The van der Waals surface area contributed by atoms with Gasteiger partial charge < -0.3 is 15.2 Å². The van der Waals surface area contributed by atoms with Gasteiger partial charge in [0.2, 0.25) is 0 Å². The molecule has 1 atom stereocenters. The molecule has 1 heterocycles. The third-order valence-electron chi connectivity index (χ3n) is 2.19. The predicted octanol–water partition coefficient (Wildman–Crippen LogP) is 1.17. The lowest BCUT2D eigenvalue weighted by atomic mass is 10.3. The minimum atomic E-state index is -0.237. The molecule has 0 saturated heterocycles. The van der Waals surface area contributed by atoms with E-state index in [0.29, 0.717) is 17.6 Å². The molecular formula is C10H16ClN3O2. The van der Waals surface area contributed by atoms with Crippen molar-refractivity contribution in [2.45, 2.75) is 19.9 Å². The first-order valence-corrected chi connectivity index (χ1v) is 5.33. The van der Waals surface area contributed by atoms with E-state index in [1.165, 1.54) is 0 Å². The summed E-state index contributed by atoms with van der Waals surface area (Å²) in [4.78, 5) is 8.41. The van der Waals surface area contributed by atoms with E-state index in [1.807, 2.05) is 13.8 Å². The summed E-state index contributed by atoms with van der Waals surface area (Å²) in [5, 5.41) is 12.4. The summed E-state index contributed by atoms with van der Waals surface area (Å²) in [5.74, 6) is 0.473. The van der Waals surface area contributed by atoms with Crippen LogP contribution in [0.4, 0.5) is 5.82 Å². The molecule has 1 rings (SSSR count). The van der Waals surface area contributed by atoms with Gasteiger partial charge in [0.15, 0.2) is 11.0 Å². The Balaban J connectivity index is 2.83. The minimum absolute atomic E-state index is 0.0568. The van der Waals surface area contributed by atoms with Crippen molar-refractivity contribution in [1.82, 2.24) is 9.97 Å². The predicted molar refractivity (Wildman–Crippen MR) is 62.9 cm³/mol. The maximum absolute atomic E-state index is 9.10. The molecule has 1 aromatic heterocycles. The number of aryl methyl sites for hydroxylation is 2. The quantitative estimate of drug-likeness (QED) is 0.815. The van der Waals surface area contributed by atoms with E-state index in [1.54, 1.807) is 7.11 Å². The number of anilines is 1. The molecule has 0 saturated carbocycles. The van der Waals surface area contributed by atoms with Crippen molar-refractivity contribution in [1.29, 1.82) is 0 Å². The van der Waals surface area contributed by atoms with Gasteiger partial charge in [-0.3, -0.25) is 0 Å². The highest BCUT2D eigenvalue weighted by Crippen LogP contribution is 2.19. The van der Waals surface area contributed by atoms with Crippen LogP contribution in [0.2, 0.25) is 5.15 Å². The summed E-state index contributed by atoms with van der Waals surface area (Å²) in [5.41, 5.74) is 1.60. The molecule has 0 radical (unpaired) electrons. The molecule has 0 bridgehead atoms. The van der Waals surface area contributed by atoms with E-state index in [2.05, 4.69) is 15.3 Å². The maximum Gasteiger partial charge on any atom is 0.171 e. The Hall–Kier alpha value is -0.910. The Labute approximate surface area is 99.8 Å². The van der Waals surface area contributed by atoms with Crippen LogP contribution < -0.4 is 5.32 Å². The summed E-state index contributed by atoms with van der Waals surface area (Å²) in [6.45, 7) is 4.02. The molecule has 5 nitrogen and oxygen atoms in total. The molecule has 16 heavy (non-hydrogen) atoms. The normalized spacial score (nSPS) is 12.6. The van der Waals surface area contributed by atoms with Gasteiger partial charge in [-0.25, -0.2) is 9.97 Å². The Bertz CT molecular complexity index is 360. The van der Waals surface area contributed by atoms with Gasteiger partial charge in [0.1, 0.15) is 0 Å². The Morgan fingerprint density at radius 2 is 2.00 bits per heavy atom. The van der Waals surface area contributed by atoms with Gasteiger partial charge in [0.05, 0.1) is 30.6 Å². The molecule has 0 aliphatic heterocycles. The number of hydrogen-bond acceptors (Lipinski definition) is 5. The fourth-order valence-corrected chi connectivity index (χ4v) is 1.43. The highest BCUT2D eigenvalue weighted by molar-refractivity contribution is 6.31. The molecule has 0 aliphatic carbocycles. The Kier molecular flexibility index (Phi) is 4.92. The van der Waals surface area contributed by atoms with Gasteiger partial charge in [-0.05, 0) is 13.8 Å². The van der Waals surface area contributed by atoms with E-state index in [-0.39, 0.29) is 12.6 Å². The first kappa shape index (κ1) is 13.2. The molecule has 0 fully saturated rings. The molecular weight excluding hydrogens is 230 g/mol. The lowest BCUT2D eigenvalue weighted by Crippen LogP contribution is -2.29. The van der Waals surface area contributed by atoms with E-state index >= 15 is 0 Å². The maximum atomic E-state index is 9.10. The SMILES string of the molecule is COCC(CO)Nc1nc(C)c(C)nc1Cl. The van der Waals surface area contributed by atoms with Gasteiger partial charge in [-0.2, -0.15) is 0 Å². The summed E-state index contributed by atoms with van der Waals surface area (Å²) in [7, 11) is 1.57. The summed E-state index contributed by atoms with van der Waals surface area (Å²) < 4.78 is 4.95. The average Bonchev–Trinajstić information content (AvgIpc) is 2.25. The number of aliphatic hydroxyl groups excluding tert-OH is 1. The van der Waals surface area contributed by atoms with Crippen LogP contribution in [0.15, 0.2) is 0 Å². The average molecular weight is 246 g/mol. The highest BCUT2D eigenvalue weighted by atomic mass is 35.5. The third-order valence-corrected chi connectivity index (χ3v) is 2.46. The first-order chi connectivity index (χ1) is 7.58. The number of hydrogen-bond donors (Lipinski definition) is 2. The van der Waals surface area contributed by atoms with Crippen molar-refractivity contribution < 1.29 is 9.84 Å². The van der Waals surface area contributed by atoms with Crippen molar-refractivity contribution >= 4 is 17.4 Å². The van der Waals surface area contributed by atoms with Crippen molar-refractivity contribution in [3.05, 3.63) is 16.5 Å². The minimum Gasteiger partial charge on any atom is -0.394 e. The number of nitrogens with zero attached hydrogens (tertiary/aromatic N) is 2. The zero-order valence-electron chi connectivity index (χ0n) is 9.62. The smallest absolute Gasteiger partial charge is 0.171 e. The second kappa shape index (κ2) is 5.98. The molecule has 2 N–H and O–H groups in total. The molecule has 0 spiro atoms. The van der Waals surface area contributed by atoms with Crippen molar-refractivity contribution in [3.8, 4) is 0 Å². The van der Waals surface area contributed by atoms with Gasteiger partial charge in [-0.1, -0.05) is 11.6 Å². The highest BCUT2D eigenvalue weighted by Gasteiger charge is 2.12. The molecule has 0 aliphatic rings. The zero-order valence-corrected chi connectivity index (χ0v) is 10.4. The lowest BCUT2D eigenvalue weighted by molar-refractivity contribution is 0.153. The molecule has 6 heteroatoms. The molecule has 0 aromatic carbocycles. The summed E-state index contributed by atoms with van der Waals surface area (Å²) >= 11 is 5.94. The number of halogens is 1. The number of ether oxygens (including phenoxy) is 1. The van der Waals surface area contributed by atoms with Gasteiger partial charge in [0, 0.05) is 7.11 Å². The molecule has 1 aromatic rings. The van der Waals surface area contributed by atoms with E-state index in [4.69, 9.17) is 21.4 Å². The topological polar surface area (TPSA) is 67.3 Å². The number of rotatable bonds is 5. The first-order valence-electron chi connectivity index (χ1n) is 4.95. The largest absolute Gasteiger partial charge is 0.394 e. The number of aliphatic hydroxyl groups is 1. The van der Waals surface area contributed by atoms with Crippen LogP contribution in [0.1, 0.15) is 11.4 Å². The van der Waals surface area contributed by atoms with Gasteiger partial charge >= 0.3 is 0 Å². The second-order valence-corrected chi connectivity index (χ2v) is 3.87. The van der Waals surface area contributed by atoms with E-state index in [0.717, 1.165) is 11.4 Å². The van der Waals surface area contributed by atoms with E-state index < -0.39 is 0 Å². The van der Waals surface area contributed by atoms with Crippen LogP contribution in [-0.2, 0) is 4.74 Å². The monoisotopic (exact) mass is 245 g/mol. The lowest BCUT2D eigenvalue weighted by Gasteiger charge is -2.17. The van der Waals surface area contributed by atoms with Crippen LogP contribution in [-0.4, -0.2) is 41.4 Å². The van der Waals surface area contributed by atoms with Gasteiger partial charge in [0.25, 0.3) is 0 Å². The van der Waals surface area contributed by atoms with Crippen LogP contribution in [0, 0.1) is 13.8 Å². The van der Waals surface area contributed by atoms with Crippen molar-refractivity contribution in [2.75, 3.05) is 25.6 Å². The van der Waals surface area contributed by atoms with Gasteiger partial charge in [-0.15, -0.1) is 0 Å². The van der Waals surface area contributed by atoms with Crippen LogP contribution in [0.5, 0.6) is 0 Å². The van der Waals surface area contributed by atoms with Crippen LogP contribution in [0.25, 0.3) is 0 Å². The number of nitrogens with one attached hydrogen (secondary N) is 1. The Morgan fingerprint density at radius 3 is 2.56 bits per heavy atom.